The highest BCUT2D eigenvalue weighted by Gasteiger charge is 2.60. The second kappa shape index (κ2) is 7.52. The molecule has 3 atom stereocenters. The number of ether oxygens (including phenoxy) is 1. The molecular weight excluding hydrogens is 399 g/mol. The van der Waals surface area contributed by atoms with Gasteiger partial charge in [-0.15, -0.1) is 0 Å². The minimum Gasteiger partial charge on any atom is -0.497 e. The first kappa shape index (κ1) is 19.3. The number of hydrogen-bond acceptors (Lipinski definition) is 5. The van der Waals surface area contributed by atoms with Gasteiger partial charge in [0, 0.05) is 11.6 Å². The first-order chi connectivity index (χ1) is 15.1. The Morgan fingerprint density at radius 1 is 0.871 bits per heavy atom. The first-order valence-electron chi connectivity index (χ1n) is 9.87. The van der Waals surface area contributed by atoms with E-state index in [2.05, 4.69) is 0 Å². The fraction of sp³-hybridized carbons (Fsp3) is 0.167. The van der Waals surface area contributed by atoms with Crippen molar-refractivity contribution in [3.63, 3.8) is 0 Å². The monoisotopic (exact) mass is 418 g/mol. The van der Waals surface area contributed by atoms with Crippen LogP contribution in [0.15, 0.2) is 78.9 Å². The van der Waals surface area contributed by atoms with Crippen LogP contribution in [0.1, 0.15) is 11.6 Å². The van der Waals surface area contributed by atoms with Crippen LogP contribution in [0.2, 0.25) is 0 Å². The van der Waals surface area contributed by atoms with Gasteiger partial charge in [-0.25, -0.2) is 14.4 Å². The highest BCUT2D eigenvalue weighted by molar-refractivity contribution is 6.24. The zero-order valence-electron chi connectivity index (χ0n) is 16.6. The summed E-state index contributed by atoms with van der Waals surface area (Å²) in [6.45, 7) is 0. The van der Waals surface area contributed by atoms with Crippen LogP contribution in [0.25, 0.3) is 0 Å². The number of methoxy groups -OCH3 is 1. The molecule has 0 unspecified atom stereocenters. The number of anilines is 2. The van der Waals surface area contributed by atoms with Crippen molar-refractivity contribution < 1.29 is 23.6 Å². The summed E-state index contributed by atoms with van der Waals surface area (Å²) < 4.78 is 20.0. The van der Waals surface area contributed by atoms with E-state index in [1.807, 2.05) is 18.2 Å². The van der Waals surface area contributed by atoms with Gasteiger partial charge in [-0.2, -0.15) is 0 Å². The molecule has 0 saturated carbocycles. The second-order valence-corrected chi connectivity index (χ2v) is 7.39. The largest absolute Gasteiger partial charge is 0.497 e. The van der Waals surface area contributed by atoms with E-state index < -0.39 is 35.7 Å². The minimum absolute atomic E-state index is 0.299. The number of fused-ring (bicyclic) bond motifs is 1. The van der Waals surface area contributed by atoms with Gasteiger partial charge < -0.3 is 4.74 Å². The Kier molecular flexibility index (Phi) is 4.67. The van der Waals surface area contributed by atoms with Crippen molar-refractivity contribution in [1.29, 1.82) is 0 Å². The van der Waals surface area contributed by atoms with Gasteiger partial charge in [0.25, 0.3) is 5.91 Å². The van der Waals surface area contributed by atoms with E-state index in [0.29, 0.717) is 22.7 Å². The molecule has 0 N–H and O–H groups in total. The second-order valence-electron chi connectivity index (χ2n) is 7.39. The van der Waals surface area contributed by atoms with E-state index >= 15 is 0 Å². The molecule has 2 amide bonds. The Balaban J connectivity index is 1.60. The number of hydrogen-bond donors (Lipinski definition) is 0. The molecule has 0 aromatic heterocycles. The maximum absolute atomic E-state index is 14.8. The lowest BCUT2D eigenvalue weighted by atomic mass is 9.90. The van der Waals surface area contributed by atoms with E-state index in [1.54, 1.807) is 54.6 Å². The molecule has 31 heavy (non-hydrogen) atoms. The number of amides is 2. The molecule has 2 saturated heterocycles. The van der Waals surface area contributed by atoms with Crippen LogP contribution in [0.4, 0.5) is 15.8 Å². The third-order valence-electron chi connectivity index (χ3n) is 5.66. The topological polar surface area (TPSA) is 59.1 Å². The smallest absolute Gasteiger partial charge is 0.266 e. The predicted octanol–water partition coefficient (Wildman–Crippen LogP) is 3.89. The Morgan fingerprint density at radius 2 is 1.58 bits per heavy atom. The average molecular weight is 418 g/mol. The molecule has 0 bridgehead atoms. The Morgan fingerprint density at radius 3 is 2.32 bits per heavy atom. The van der Waals surface area contributed by atoms with E-state index in [1.165, 1.54) is 18.2 Å². The molecule has 0 radical (unpaired) electrons. The number of halogens is 1. The molecule has 2 heterocycles. The summed E-state index contributed by atoms with van der Waals surface area (Å²) in [6.07, 6.45) is -1.05. The number of rotatable bonds is 4. The number of carbonyl (C=O) groups excluding carboxylic acids is 2. The third kappa shape index (κ3) is 3.05. The van der Waals surface area contributed by atoms with Crippen LogP contribution in [-0.2, 0) is 14.4 Å². The maximum atomic E-state index is 14.8. The normalized spacial score (nSPS) is 22.7. The van der Waals surface area contributed by atoms with Crippen molar-refractivity contribution in [3.05, 3.63) is 90.2 Å². The third-order valence-corrected chi connectivity index (χ3v) is 5.66. The lowest BCUT2D eigenvalue weighted by Gasteiger charge is -2.29. The summed E-state index contributed by atoms with van der Waals surface area (Å²) in [5, 5.41) is 1.48. The van der Waals surface area contributed by atoms with Gasteiger partial charge in [0.2, 0.25) is 5.91 Å². The van der Waals surface area contributed by atoms with E-state index in [0.717, 1.165) is 4.90 Å². The van der Waals surface area contributed by atoms with Crippen LogP contribution < -0.4 is 14.7 Å². The van der Waals surface area contributed by atoms with Gasteiger partial charge in [0.05, 0.1) is 24.5 Å². The Labute approximate surface area is 178 Å². The maximum Gasteiger partial charge on any atom is 0.266 e. The molecule has 2 aliphatic rings. The molecule has 6 nitrogen and oxygen atoms in total. The highest BCUT2D eigenvalue weighted by atomic mass is 19.1. The highest BCUT2D eigenvalue weighted by Crippen LogP contribution is 2.48. The van der Waals surface area contributed by atoms with E-state index in [-0.39, 0.29) is 0 Å². The first-order valence-corrected chi connectivity index (χ1v) is 9.87. The van der Waals surface area contributed by atoms with Gasteiger partial charge in [0.15, 0.2) is 6.10 Å². The molecule has 3 aromatic carbocycles. The van der Waals surface area contributed by atoms with E-state index in [4.69, 9.17) is 9.57 Å². The fourth-order valence-electron chi connectivity index (χ4n) is 4.25. The number of carbonyl (C=O) groups is 2. The van der Waals surface area contributed by atoms with Crippen molar-refractivity contribution in [2.45, 2.75) is 12.1 Å². The molecule has 2 aliphatic heterocycles. The van der Waals surface area contributed by atoms with Gasteiger partial charge in [0.1, 0.15) is 17.5 Å². The lowest BCUT2D eigenvalue weighted by Crippen LogP contribution is -2.37. The standard InChI is InChI=1S/C24H19FN2O4/c1-30-17-11-7-10-16(14-17)26-23(28)20-21(18-12-5-6-13-19(18)25)27(31-22(20)24(26)29)15-8-3-2-4-9-15/h2-14,20-22H,1H3/t20-,21-,22-/m1/s1. The number of imide groups is 1. The summed E-state index contributed by atoms with van der Waals surface area (Å²) in [5.41, 5.74) is 1.33. The van der Waals surface area contributed by atoms with Crippen LogP contribution in [0.3, 0.4) is 0 Å². The number of hydroxylamine groups is 1. The Bertz CT molecular complexity index is 1150. The predicted molar refractivity (Wildman–Crippen MR) is 112 cm³/mol. The van der Waals surface area contributed by atoms with Gasteiger partial charge in [-0.3, -0.25) is 14.4 Å². The SMILES string of the molecule is COc1cccc(N2C(=O)[C@@H]3[C@@H](c4ccccc4F)N(c4ccccc4)O[C@H]3C2=O)c1. The fourth-order valence-corrected chi connectivity index (χ4v) is 4.25. The summed E-state index contributed by atoms with van der Waals surface area (Å²) in [6, 6.07) is 21.2. The van der Waals surface area contributed by atoms with Crippen LogP contribution in [0, 0.1) is 11.7 Å². The number of benzene rings is 3. The molecule has 0 spiro atoms. The van der Waals surface area contributed by atoms with Crippen molar-refractivity contribution in [2.24, 2.45) is 5.92 Å². The zero-order valence-corrected chi connectivity index (χ0v) is 16.6. The van der Waals surface area contributed by atoms with Gasteiger partial charge in [-0.05, 0) is 30.3 Å². The van der Waals surface area contributed by atoms with Gasteiger partial charge in [-0.1, -0.05) is 42.5 Å². The van der Waals surface area contributed by atoms with Crippen molar-refractivity contribution in [3.8, 4) is 5.75 Å². The quantitative estimate of drug-likeness (QED) is 0.602. The van der Waals surface area contributed by atoms with Crippen LogP contribution in [-0.4, -0.2) is 25.0 Å². The van der Waals surface area contributed by atoms with Gasteiger partial charge >= 0.3 is 0 Å². The summed E-state index contributed by atoms with van der Waals surface area (Å²) in [5.74, 6) is -1.75. The number of para-hydroxylation sites is 1. The number of nitrogens with zero attached hydrogens (tertiary/aromatic N) is 2. The van der Waals surface area contributed by atoms with Crippen molar-refractivity contribution in [2.75, 3.05) is 17.1 Å². The Hall–Kier alpha value is -3.71. The minimum atomic E-state index is -1.05. The summed E-state index contributed by atoms with van der Waals surface area (Å²) >= 11 is 0. The molecule has 7 heteroatoms. The lowest BCUT2D eigenvalue weighted by molar-refractivity contribution is -0.126. The summed E-state index contributed by atoms with van der Waals surface area (Å²) in [7, 11) is 1.51. The zero-order chi connectivity index (χ0) is 21.5. The average Bonchev–Trinajstić information content (AvgIpc) is 3.31. The van der Waals surface area contributed by atoms with Crippen LogP contribution in [0.5, 0.6) is 5.75 Å². The molecular formula is C24H19FN2O4. The molecule has 0 aliphatic carbocycles. The molecule has 3 aromatic rings. The van der Waals surface area contributed by atoms with Crippen molar-refractivity contribution in [1.82, 2.24) is 0 Å². The van der Waals surface area contributed by atoms with E-state index in [9.17, 15) is 14.0 Å². The molecule has 2 fully saturated rings. The van der Waals surface area contributed by atoms with Crippen LogP contribution >= 0.6 is 0 Å². The van der Waals surface area contributed by atoms with Crippen molar-refractivity contribution >= 4 is 23.2 Å². The summed E-state index contributed by atoms with van der Waals surface area (Å²) in [4.78, 5) is 33.9. The molecule has 5 rings (SSSR count). The molecule has 156 valence electrons.